The summed E-state index contributed by atoms with van der Waals surface area (Å²) in [7, 11) is 0. The van der Waals surface area contributed by atoms with Gasteiger partial charge in [0, 0.05) is 19.6 Å². The van der Waals surface area contributed by atoms with E-state index in [1.165, 1.54) is 12.1 Å². The Kier molecular flexibility index (Phi) is 6.24. The molecular weight excluding hydrogens is 261 g/mol. The fourth-order valence-electron chi connectivity index (χ4n) is 2.34. The largest absolute Gasteiger partial charge is 0.492 e. The number of nitrogens with zero attached hydrogens (tertiary/aromatic N) is 1. The van der Waals surface area contributed by atoms with Gasteiger partial charge in [0.1, 0.15) is 18.2 Å². The molecule has 5 heteroatoms. The molecule has 1 aromatic rings. The number of aliphatic hydroxyl groups excluding tert-OH is 1. The van der Waals surface area contributed by atoms with Crippen molar-refractivity contribution in [2.45, 2.75) is 18.9 Å². The van der Waals surface area contributed by atoms with Crippen molar-refractivity contribution in [1.29, 1.82) is 0 Å². The van der Waals surface area contributed by atoms with Crippen molar-refractivity contribution in [3.05, 3.63) is 30.1 Å². The number of likely N-dealkylation sites (tertiary alicyclic amines) is 1. The van der Waals surface area contributed by atoms with Gasteiger partial charge in [-0.25, -0.2) is 4.39 Å². The van der Waals surface area contributed by atoms with Crippen LogP contribution in [0.25, 0.3) is 0 Å². The van der Waals surface area contributed by atoms with E-state index in [2.05, 4.69) is 4.90 Å². The van der Waals surface area contributed by atoms with E-state index >= 15 is 0 Å². The number of halogens is 1. The molecule has 112 valence electrons. The molecule has 0 radical (unpaired) electrons. The predicted octanol–water partition coefficient (Wildman–Crippen LogP) is 1.68. The standard InChI is InChI=1S/C15H22FNO3/c16-13-1-3-14(4-2-13)19-11-9-17-7-5-15(6-8-17)20-12-10-18/h1-4,15,18H,5-12H2. The molecule has 0 aliphatic carbocycles. The maximum Gasteiger partial charge on any atom is 0.123 e. The lowest BCUT2D eigenvalue weighted by Crippen LogP contribution is -2.39. The van der Waals surface area contributed by atoms with Crippen LogP contribution in [0.5, 0.6) is 5.75 Å². The maximum atomic E-state index is 12.7. The first-order chi connectivity index (χ1) is 9.78. The van der Waals surface area contributed by atoms with Crippen molar-refractivity contribution in [3.8, 4) is 5.75 Å². The Balaban J connectivity index is 1.60. The Bertz CT molecular complexity index is 377. The molecule has 1 N–H and O–H groups in total. The lowest BCUT2D eigenvalue weighted by atomic mass is 10.1. The Labute approximate surface area is 119 Å². The average molecular weight is 283 g/mol. The second-order valence-electron chi connectivity index (χ2n) is 4.94. The van der Waals surface area contributed by atoms with Gasteiger partial charge in [-0.05, 0) is 37.1 Å². The molecule has 1 fully saturated rings. The fraction of sp³-hybridized carbons (Fsp3) is 0.600. The number of piperidine rings is 1. The number of aliphatic hydroxyl groups is 1. The topological polar surface area (TPSA) is 41.9 Å². The summed E-state index contributed by atoms with van der Waals surface area (Å²) in [6.45, 7) is 3.97. The van der Waals surface area contributed by atoms with Gasteiger partial charge in [-0.2, -0.15) is 0 Å². The van der Waals surface area contributed by atoms with Crippen LogP contribution in [0.4, 0.5) is 4.39 Å². The number of ether oxygens (including phenoxy) is 2. The molecule has 1 aromatic carbocycles. The summed E-state index contributed by atoms with van der Waals surface area (Å²) in [5.74, 6) is 0.454. The van der Waals surface area contributed by atoms with Crippen LogP contribution in [0, 0.1) is 5.82 Å². The van der Waals surface area contributed by atoms with Crippen LogP contribution in [0.15, 0.2) is 24.3 Å². The van der Waals surface area contributed by atoms with E-state index in [0.717, 1.165) is 32.5 Å². The van der Waals surface area contributed by atoms with E-state index in [1.807, 2.05) is 0 Å². The summed E-state index contributed by atoms with van der Waals surface area (Å²) in [6, 6.07) is 6.09. The molecule has 0 atom stereocenters. The monoisotopic (exact) mass is 283 g/mol. The van der Waals surface area contributed by atoms with E-state index in [9.17, 15) is 4.39 Å². The zero-order valence-electron chi connectivity index (χ0n) is 11.6. The molecule has 1 heterocycles. The van der Waals surface area contributed by atoms with E-state index in [1.54, 1.807) is 12.1 Å². The van der Waals surface area contributed by atoms with Crippen LogP contribution in [0.2, 0.25) is 0 Å². The SMILES string of the molecule is OCCOC1CCN(CCOc2ccc(F)cc2)CC1. The normalized spacial score (nSPS) is 17.3. The maximum absolute atomic E-state index is 12.7. The summed E-state index contributed by atoms with van der Waals surface area (Å²) in [5.41, 5.74) is 0. The van der Waals surface area contributed by atoms with Gasteiger partial charge in [0.2, 0.25) is 0 Å². The molecule has 0 unspecified atom stereocenters. The third-order valence-corrected chi connectivity index (χ3v) is 3.47. The molecule has 0 spiro atoms. The van der Waals surface area contributed by atoms with Gasteiger partial charge >= 0.3 is 0 Å². The lowest BCUT2D eigenvalue weighted by molar-refractivity contribution is -0.00923. The first-order valence-electron chi connectivity index (χ1n) is 7.11. The summed E-state index contributed by atoms with van der Waals surface area (Å²) >= 11 is 0. The van der Waals surface area contributed by atoms with Crippen LogP contribution in [0.3, 0.4) is 0 Å². The first-order valence-corrected chi connectivity index (χ1v) is 7.11. The van der Waals surface area contributed by atoms with Gasteiger partial charge in [-0.15, -0.1) is 0 Å². The van der Waals surface area contributed by atoms with Gasteiger partial charge in [-0.3, -0.25) is 4.90 Å². The minimum atomic E-state index is -0.248. The highest BCUT2D eigenvalue weighted by Crippen LogP contribution is 2.14. The molecule has 1 saturated heterocycles. The van der Waals surface area contributed by atoms with Crippen molar-refractivity contribution < 1.29 is 19.0 Å². The molecule has 2 rings (SSSR count). The zero-order chi connectivity index (χ0) is 14.2. The van der Waals surface area contributed by atoms with Crippen LogP contribution in [-0.2, 0) is 4.74 Å². The number of hydrogen-bond donors (Lipinski definition) is 1. The van der Waals surface area contributed by atoms with Gasteiger partial charge in [0.05, 0.1) is 19.3 Å². The molecule has 0 amide bonds. The number of rotatable bonds is 7. The van der Waals surface area contributed by atoms with Gasteiger partial charge in [0.15, 0.2) is 0 Å². The van der Waals surface area contributed by atoms with E-state index < -0.39 is 0 Å². The summed E-state index contributed by atoms with van der Waals surface area (Å²) in [4.78, 5) is 2.34. The highest BCUT2D eigenvalue weighted by molar-refractivity contribution is 5.21. The predicted molar refractivity (Wildman–Crippen MR) is 74.4 cm³/mol. The van der Waals surface area contributed by atoms with Crippen molar-refractivity contribution in [1.82, 2.24) is 4.90 Å². The van der Waals surface area contributed by atoms with E-state index in [4.69, 9.17) is 14.6 Å². The molecule has 0 saturated carbocycles. The number of benzene rings is 1. The average Bonchev–Trinajstić information content (AvgIpc) is 2.48. The molecule has 0 bridgehead atoms. The Morgan fingerprint density at radius 2 is 1.85 bits per heavy atom. The minimum absolute atomic E-state index is 0.0890. The third-order valence-electron chi connectivity index (χ3n) is 3.47. The molecule has 20 heavy (non-hydrogen) atoms. The molecule has 0 aromatic heterocycles. The Morgan fingerprint density at radius 1 is 1.15 bits per heavy atom. The molecule has 4 nitrogen and oxygen atoms in total. The fourth-order valence-corrected chi connectivity index (χ4v) is 2.34. The van der Waals surface area contributed by atoms with Crippen molar-refractivity contribution in [2.75, 3.05) is 39.5 Å². The Hall–Kier alpha value is -1.17. The summed E-state index contributed by atoms with van der Waals surface area (Å²) in [6.07, 6.45) is 2.27. The highest BCUT2D eigenvalue weighted by Gasteiger charge is 2.19. The molecule has 1 aliphatic heterocycles. The van der Waals surface area contributed by atoms with E-state index in [-0.39, 0.29) is 18.5 Å². The smallest absolute Gasteiger partial charge is 0.123 e. The van der Waals surface area contributed by atoms with Gasteiger partial charge < -0.3 is 14.6 Å². The second kappa shape index (κ2) is 8.19. The quantitative estimate of drug-likeness (QED) is 0.826. The third kappa shape index (κ3) is 5.07. The summed E-state index contributed by atoms with van der Waals surface area (Å²) in [5, 5.41) is 8.71. The van der Waals surface area contributed by atoms with Crippen molar-refractivity contribution in [3.63, 3.8) is 0 Å². The van der Waals surface area contributed by atoms with Gasteiger partial charge in [-0.1, -0.05) is 0 Å². The van der Waals surface area contributed by atoms with Crippen LogP contribution < -0.4 is 4.74 Å². The van der Waals surface area contributed by atoms with Crippen LogP contribution >= 0.6 is 0 Å². The highest BCUT2D eigenvalue weighted by atomic mass is 19.1. The van der Waals surface area contributed by atoms with Crippen molar-refractivity contribution >= 4 is 0 Å². The van der Waals surface area contributed by atoms with Gasteiger partial charge in [0.25, 0.3) is 0 Å². The summed E-state index contributed by atoms with van der Waals surface area (Å²) < 4.78 is 23.8. The molecule has 1 aliphatic rings. The van der Waals surface area contributed by atoms with Crippen LogP contribution in [0.1, 0.15) is 12.8 Å². The Morgan fingerprint density at radius 3 is 2.50 bits per heavy atom. The van der Waals surface area contributed by atoms with E-state index in [0.29, 0.717) is 19.0 Å². The zero-order valence-corrected chi connectivity index (χ0v) is 11.6. The lowest BCUT2D eigenvalue weighted by Gasteiger charge is -2.31. The van der Waals surface area contributed by atoms with Crippen LogP contribution in [-0.4, -0.2) is 55.6 Å². The first kappa shape index (κ1) is 15.2. The minimum Gasteiger partial charge on any atom is -0.492 e. The second-order valence-corrected chi connectivity index (χ2v) is 4.94. The number of hydrogen-bond acceptors (Lipinski definition) is 4. The molecular formula is C15H22FNO3. The van der Waals surface area contributed by atoms with Crippen molar-refractivity contribution in [2.24, 2.45) is 0 Å².